The van der Waals surface area contributed by atoms with E-state index in [4.69, 9.17) is 9.90 Å². The molecule has 0 unspecified atom stereocenters. The fourth-order valence-electron chi connectivity index (χ4n) is 3.10. The van der Waals surface area contributed by atoms with E-state index >= 15 is 0 Å². The number of hydrogen-bond donors (Lipinski definition) is 3. The second-order valence-corrected chi connectivity index (χ2v) is 9.22. The molecule has 0 amide bonds. The van der Waals surface area contributed by atoms with Gasteiger partial charge in [-0.3, -0.25) is 4.72 Å². The lowest BCUT2D eigenvalue weighted by molar-refractivity contribution is -0.192. The molecule has 2 aromatic rings. The molecule has 0 saturated heterocycles. The van der Waals surface area contributed by atoms with Crippen LogP contribution in [-0.4, -0.2) is 54.8 Å². The number of carbonyl (C=O) groups is 2. The first-order chi connectivity index (χ1) is 16.1. The van der Waals surface area contributed by atoms with Gasteiger partial charge in [0.2, 0.25) is 0 Å². The zero-order valence-corrected chi connectivity index (χ0v) is 20.5. The van der Waals surface area contributed by atoms with E-state index in [1.54, 1.807) is 19.1 Å². The molecular formula is C22H28F3N3O6S. The van der Waals surface area contributed by atoms with Crippen LogP contribution in [0.2, 0.25) is 0 Å². The van der Waals surface area contributed by atoms with Crippen molar-refractivity contribution in [3.8, 4) is 0 Å². The molecule has 1 heterocycles. The number of pyridine rings is 1. The van der Waals surface area contributed by atoms with Crippen LogP contribution in [0.25, 0.3) is 0 Å². The Bertz CT molecular complexity index is 1150. The van der Waals surface area contributed by atoms with Crippen molar-refractivity contribution in [3.63, 3.8) is 0 Å². The predicted molar refractivity (Wildman–Crippen MR) is 124 cm³/mol. The van der Waals surface area contributed by atoms with Crippen LogP contribution >= 0.6 is 0 Å². The number of benzene rings is 1. The number of nitrogens with zero attached hydrogens (tertiary/aromatic N) is 2. The minimum Gasteiger partial charge on any atom is -0.478 e. The van der Waals surface area contributed by atoms with Gasteiger partial charge in [-0.05, 0) is 44.4 Å². The predicted octanol–water partition coefficient (Wildman–Crippen LogP) is 4.46. The molecule has 3 N–H and O–H groups in total. The van der Waals surface area contributed by atoms with Gasteiger partial charge in [0.25, 0.3) is 10.0 Å². The van der Waals surface area contributed by atoms with E-state index in [-0.39, 0.29) is 16.1 Å². The van der Waals surface area contributed by atoms with Crippen molar-refractivity contribution < 1.29 is 41.4 Å². The van der Waals surface area contributed by atoms with Crippen molar-refractivity contribution in [3.05, 3.63) is 47.2 Å². The number of carboxylic acids is 2. The summed E-state index contributed by atoms with van der Waals surface area (Å²) >= 11 is 0. The molecule has 35 heavy (non-hydrogen) atoms. The van der Waals surface area contributed by atoms with Gasteiger partial charge in [0.1, 0.15) is 11.4 Å². The first-order valence-electron chi connectivity index (χ1n) is 10.5. The fourth-order valence-corrected chi connectivity index (χ4v) is 4.36. The zero-order chi connectivity index (χ0) is 27.0. The molecule has 13 heteroatoms. The van der Waals surface area contributed by atoms with Crippen molar-refractivity contribution in [2.45, 2.75) is 51.6 Å². The molecule has 0 atom stereocenters. The number of nitrogens with one attached hydrogen (secondary N) is 1. The average Bonchev–Trinajstić information content (AvgIpc) is 2.72. The lowest BCUT2D eigenvalue weighted by Gasteiger charge is -2.24. The number of anilines is 2. The number of carboxylic acid groups (broad SMARTS) is 2. The van der Waals surface area contributed by atoms with Crippen LogP contribution in [0.4, 0.5) is 24.7 Å². The van der Waals surface area contributed by atoms with Crippen molar-refractivity contribution >= 4 is 33.5 Å². The molecule has 1 aromatic heterocycles. The third kappa shape index (κ3) is 8.74. The van der Waals surface area contributed by atoms with E-state index in [1.807, 2.05) is 25.7 Å². The van der Waals surface area contributed by atoms with Crippen molar-refractivity contribution in [1.29, 1.82) is 0 Å². The minimum atomic E-state index is -5.08. The Balaban J connectivity index is 0.000000762. The first-order valence-corrected chi connectivity index (χ1v) is 12.0. The number of halogens is 3. The molecule has 0 aliphatic carbocycles. The Kier molecular flexibility index (Phi) is 10.5. The molecule has 194 valence electrons. The van der Waals surface area contributed by atoms with Gasteiger partial charge in [-0.15, -0.1) is 0 Å². The topological polar surface area (TPSA) is 137 Å². The number of aromatic nitrogens is 1. The van der Waals surface area contributed by atoms with Gasteiger partial charge in [-0.1, -0.05) is 31.5 Å². The van der Waals surface area contributed by atoms with E-state index in [9.17, 15) is 31.5 Å². The minimum absolute atomic E-state index is 0.0253. The highest BCUT2D eigenvalue weighted by Gasteiger charge is 2.38. The lowest BCUT2D eigenvalue weighted by Crippen LogP contribution is -2.28. The van der Waals surface area contributed by atoms with Crippen LogP contribution in [-0.2, 0) is 14.8 Å². The Hall–Kier alpha value is -3.35. The molecule has 9 nitrogen and oxygen atoms in total. The Morgan fingerprint density at radius 1 is 1.06 bits per heavy atom. The standard InChI is InChI=1S/C20H27N3O4S.C2HF3O2/c1-5-9-23(10-6-2)19-17(20(24)25)12-16(13-21-19)22-28(26,27)18-8-7-14(3)11-15(18)4;3-2(4,5)1(6)7/h7-8,11-13,22H,5-6,9-10H2,1-4H3,(H,24,25);(H,6,7). The van der Waals surface area contributed by atoms with Crippen LogP contribution < -0.4 is 9.62 Å². The molecule has 0 aliphatic rings. The molecule has 2 rings (SSSR count). The van der Waals surface area contributed by atoms with Crippen molar-refractivity contribution in [2.24, 2.45) is 0 Å². The normalized spacial score (nSPS) is 11.3. The average molecular weight is 520 g/mol. The highest BCUT2D eigenvalue weighted by molar-refractivity contribution is 7.92. The van der Waals surface area contributed by atoms with E-state index in [1.165, 1.54) is 18.3 Å². The van der Waals surface area contributed by atoms with Crippen LogP contribution in [0.1, 0.15) is 48.2 Å². The van der Waals surface area contributed by atoms with E-state index in [0.29, 0.717) is 24.5 Å². The molecule has 0 bridgehead atoms. The van der Waals surface area contributed by atoms with Crippen molar-refractivity contribution in [2.75, 3.05) is 22.7 Å². The summed E-state index contributed by atoms with van der Waals surface area (Å²) in [5, 5.41) is 16.7. The molecular weight excluding hydrogens is 491 g/mol. The maximum absolute atomic E-state index is 12.7. The number of aryl methyl sites for hydroxylation is 2. The lowest BCUT2D eigenvalue weighted by atomic mass is 10.2. The van der Waals surface area contributed by atoms with Gasteiger partial charge in [0, 0.05) is 13.1 Å². The fraction of sp³-hybridized carbons (Fsp3) is 0.409. The van der Waals surface area contributed by atoms with Gasteiger partial charge >= 0.3 is 18.1 Å². The molecule has 0 fully saturated rings. The molecule has 0 saturated carbocycles. The second-order valence-electron chi connectivity index (χ2n) is 7.56. The van der Waals surface area contributed by atoms with Crippen LogP contribution in [0, 0.1) is 13.8 Å². The molecule has 0 aliphatic heterocycles. The van der Waals surface area contributed by atoms with Gasteiger partial charge in [0.15, 0.2) is 0 Å². The largest absolute Gasteiger partial charge is 0.490 e. The molecule has 0 radical (unpaired) electrons. The van der Waals surface area contributed by atoms with Gasteiger partial charge < -0.3 is 15.1 Å². The van der Waals surface area contributed by atoms with E-state index < -0.39 is 28.1 Å². The summed E-state index contributed by atoms with van der Waals surface area (Å²) in [6, 6.07) is 6.37. The number of aromatic carboxylic acids is 1. The number of aliphatic carboxylic acids is 1. The van der Waals surface area contributed by atoms with Crippen molar-refractivity contribution in [1.82, 2.24) is 4.98 Å². The summed E-state index contributed by atoms with van der Waals surface area (Å²) in [6.45, 7) is 8.98. The molecule has 0 spiro atoms. The highest BCUT2D eigenvalue weighted by atomic mass is 32.2. The number of rotatable bonds is 9. The van der Waals surface area contributed by atoms with Crippen LogP contribution in [0.15, 0.2) is 35.4 Å². The van der Waals surface area contributed by atoms with Crippen LogP contribution in [0.3, 0.4) is 0 Å². The summed E-state index contributed by atoms with van der Waals surface area (Å²) in [4.78, 5) is 27.0. The third-order valence-electron chi connectivity index (χ3n) is 4.50. The SMILES string of the molecule is CCCN(CCC)c1ncc(NS(=O)(=O)c2ccc(C)cc2C)cc1C(=O)O.O=C(O)C(F)(F)F. The molecule has 1 aromatic carbocycles. The quantitative estimate of drug-likeness (QED) is 0.442. The Morgan fingerprint density at radius 3 is 2.03 bits per heavy atom. The van der Waals surface area contributed by atoms with E-state index in [0.717, 1.165) is 18.4 Å². The maximum Gasteiger partial charge on any atom is 0.490 e. The zero-order valence-electron chi connectivity index (χ0n) is 19.7. The number of alkyl halides is 3. The summed E-state index contributed by atoms with van der Waals surface area (Å²) in [5.74, 6) is -3.55. The maximum atomic E-state index is 12.7. The highest BCUT2D eigenvalue weighted by Crippen LogP contribution is 2.25. The monoisotopic (exact) mass is 519 g/mol. The van der Waals surface area contributed by atoms with Gasteiger partial charge in [0.05, 0.1) is 16.8 Å². The summed E-state index contributed by atoms with van der Waals surface area (Å²) < 4.78 is 59.7. The summed E-state index contributed by atoms with van der Waals surface area (Å²) in [7, 11) is -3.85. The number of hydrogen-bond acceptors (Lipinski definition) is 6. The summed E-state index contributed by atoms with van der Waals surface area (Å²) in [5.41, 5.74) is 1.67. The van der Waals surface area contributed by atoms with E-state index in [2.05, 4.69) is 9.71 Å². The van der Waals surface area contributed by atoms with Gasteiger partial charge in [-0.25, -0.2) is 23.0 Å². The Labute approximate surface area is 201 Å². The Morgan fingerprint density at radius 2 is 1.60 bits per heavy atom. The summed E-state index contributed by atoms with van der Waals surface area (Å²) in [6.07, 6.45) is -2.02. The second kappa shape index (κ2) is 12.4. The van der Waals surface area contributed by atoms with Crippen LogP contribution in [0.5, 0.6) is 0 Å². The smallest absolute Gasteiger partial charge is 0.478 e. The first kappa shape index (κ1) is 29.7. The third-order valence-corrected chi connectivity index (χ3v) is 6.04. The number of sulfonamides is 1. The van der Waals surface area contributed by atoms with Gasteiger partial charge in [-0.2, -0.15) is 13.2 Å².